The average molecular weight is 344 g/mol. The van der Waals surface area contributed by atoms with E-state index in [1.54, 1.807) is 12.1 Å². The standard InChI is InChI=1S/C18H25BO4Si/c1-17(2)18(3,4)23-19(22-17)15-11-13(8-9-24(5,6)7)10-14(12-15)16(20)21/h10-12H,1-7H3,(H,20,21). The predicted octanol–water partition coefficient (Wildman–Crippen LogP) is 2.91. The lowest BCUT2D eigenvalue weighted by molar-refractivity contribution is 0.00578. The third kappa shape index (κ3) is 4.10. The molecular weight excluding hydrogens is 319 g/mol. The zero-order valence-electron chi connectivity index (χ0n) is 15.5. The SMILES string of the molecule is CC1(C)OB(c2cc(C#C[Si](C)(C)C)cc(C(=O)O)c2)OC1(C)C. The zero-order chi connectivity index (χ0) is 18.3. The Bertz CT molecular complexity index is 707. The molecule has 4 nitrogen and oxygen atoms in total. The first-order valence-corrected chi connectivity index (χ1v) is 11.6. The third-order valence-electron chi connectivity index (χ3n) is 4.31. The number of rotatable bonds is 2. The number of carbonyl (C=O) groups is 1. The molecule has 6 heteroatoms. The van der Waals surface area contributed by atoms with Crippen molar-refractivity contribution in [3.05, 3.63) is 29.3 Å². The summed E-state index contributed by atoms with van der Waals surface area (Å²) in [6.45, 7) is 14.3. The summed E-state index contributed by atoms with van der Waals surface area (Å²) in [5, 5.41) is 9.39. The van der Waals surface area contributed by atoms with Crippen LogP contribution in [0.2, 0.25) is 19.6 Å². The molecule has 0 unspecified atom stereocenters. The highest BCUT2D eigenvalue weighted by Gasteiger charge is 2.51. The van der Waals surface area contributed by atoms with Gasteiger partial charge >= 0.3 is 13.1 Å². The van der Waals surface area contributed by atoms with Gasteiger partial charge in [0.05, 0.1) is 16.8 Å². The maximum Gasteiger partial charge on any atom is 0.494 e. The minimum Gasteiger partial charge on any atom is -0.478 e. The van der Waals surface area contributed by atoms with Crippen LogP contribution in [-0.4, -0.2) is 37.5 Å². The summed E-state index contributed by atoms with van der Waals surface area (Å²) in [6.07, 6.45) is 0. The molecule has 0 aliphatic carbocycles. The summed E-state index contributed by atoms with van der Waals surface area (Å²) in [7, 11) is -2.15. The molecule has 0 aromatic heterocycles. The molecule has 0 saturated carbocycles. The predicted molar refractivity (Wildman–Crippen MR) is 99.3 cm³/mol. The van der Waals surface area contributed by atoms with Gasteiger partial charge in [0.25, 0.3) is 0 Å². The van der Waals surface area contributed by atoms with Crippen molar-refractivity contribution in [2.75, 3.05) is 0 Å². The maximum atomic E-state index is 11.5. The van der Waals surface area contributed by atoms with Crippen molar-refractivity contribution in [3.8, 4) is 11.5 Å². The molecule has 2 rings (SSSR count). The van der Waals surface area contributed by atoms with Gasteiger partial charge in [0, 0.05) is 5.56 Å². The molecule has 1 aliphatic rings. The van der Waals surface area contributed by atoms with Gasteiger partial charge in [-0.2, -0.15) is 0 Å². The van der Waals surface area contributed by atoms with Gasteiger partial charge in [0.2, 0.25) is 0 Å². The summed E-state index contributed by atoms with van der Waals surface area (Å²) < 4.78 is 12.1. The third-order valence-corrected chi connectivity index (χ3v) is 5.18. The summed E-state index contributed by atoms with van der Waals surface area (Å²) in [6, 6.07) is 5.07. The Morgan fingerprint density at radius 2 is 1.62 bits per heavy atom. The summed E-state index contributed by atoms with van der Waals surface area (Å²) in [5.74, 6) is 2.14. The molecule has 1 aromatic rings. The van der Waals surface area contributed by atoms with Gasteiger partial charge in [-0.1, -0.05) is 25.6 Å². The topological polar surface area (TPSA) is 55.8 Å². The van der Waals surface area contributed by atoms with Crippen LogP contribution >= 0.6 is 0 Å². The summed E-state index contributed by atoms with van der Waals surface area (Å²) in [5.41, 5.74) is 3.89. The van der Waals surface area contributed by atoms with Crippen molar-refractivity contribution in [2.45, 2.75) is 58.5 Å². The molecule has 0 radical (unpaired) electrons. The fourth-order valence-electron chi connectivity index (χ4n) is 2.22. The van der Waals surface area contributed by atoms with Crippen molar-refractivity contribution in [2.24, 2.45) is 0 Å². The Kier molecular flexibility index (Phi) is 4.75. The Morgan fingerprint density at radius 3 is 2.08 bits per heavy atom. The average Bonchev–Trinajstić information content (AvgIpc) is 2.64. The number of hydrogen-bond acceptors (Lipinski definition) is 3. The van der Waals surface area contributed by atoms with E-state index in [-0.39, 0.29) is 5.56 Å². The quantitative estimate of drug-likeness (QED) is 0.662. The molecule has 0 spiro atoms. The van der Waals surface area contributed by atoms with Gasteiger partial charge < -0.3 is 14.4 Å². The van der Waals surface area contributed by atoms with Gasteiger partial charge in [-0.3, -0.25) is 0 Å². The van der Waals surface area contributed by atoms with Crippen LogP contribution in [0.4, 0.5) is 0 Å². The Hall–Kier alpha value is -1.55. The molecule has 1 fully saturated rings. The van der Waals surface area contributed by atoms with E-state index < -0.39 is 32.4 Å². The molecule has 0 atom stereocenters. The van der Waals surface area contributed by atoms with E-state index in [1.165, 1.54) is 0 Å². The van der Waals surface area contributed by atoms with Crippen LogP contribution in [0.3, 0.4) is 0 Å². The molecular formula is C18H25BO4Si. The van der Waals surface area contributed by atoms with Crippen LogP contribution < -0.4 is 5.46 Å². The van der Waals surface area contributed by atoms with E-state index in [0.717, 1.165) is 0 Å². The lowest BCUT2D eigenvalue weighted by Gasteiger charge is -2.32. The van der Waals surface area contributed by atoms with E-state index in [9.17, 15) is 9.90 Å². The number of carboxylic acid groups (broad SMARTS) is 1. The van der Waals surface area contributed by atoms with Crippen LogP contribution in [0.1, 0.15) is 43.6 Å². The first-order valence-electron chi connectivity index (χ1n) is 8.08. The van der Waals surface area contributed by atoms with E-state index >= 15 is 0 Å². The molecule has 1 heterocycles. The number of benzene rings is 1. The number of aromatic carboxylic acids is 1. The molecule has 24 heavy (non-hydrogen) atoms. The van der Waals surface area contributed by atoms with Crippen LogP contribution in [-0.2, 0) is 9.31 Å². The molecule has 0 bridgehead atoms. The molecule has 1 aromatic carbocycles. The van der Waals surface area contributed by atoms with Gasteiger partial charge in [-0.15, -0.1) is 5.54 Å². The summed E-state index contributed by atoms with van der Waals surface area (Å²) >= 11 is 0. The van der Waals surface area contributed by atoms with Crippen LogP contribution in [0.25, 0.3) is 0 Å². The van der Waals surface area contributed by atoms with Crippen molar-refractivity contribution in [3.63, 3.8) is 0 Å². The minimum atomic E-state index is -1.55. The molecule has 0 amide bonds. The van der Waals surface area contributed by atoms with Crippen LogP contribution in [0, 0.1) is 11.5 Å². The Labute approximate surface area is 145 Å². The Morgan fingerprint density at radius 1 is 1.08 bits per heavy atom. The lowest BCUT2D eigenvalue weighted by Crippen LogP contribution is -2.41. The highest BCUT2D eigenvalue weighted by molar-refractivity contribution is 6.83. The van der Waals surface area contributed by atoms with E-state index in [2.05, 4.69) is 31.1 Å². The second-order valence-corrected chi connectivity index (χ2v) is 13.0. The highest BCUT2D eigenvalue weighted by Crippen LogP contribution is 2.36. The highest BCUT2D eigenvalue weighted by atomic mass is 28.3. The second kappa shape index (κ2) is 6.07. The van der Waals surface area contributed by atoms with Crippen LogP contribution in [0.5, 0.6) is 0 Å². The first kappa shape index (κ1) is 18.8. The van der Waals surface area contributed by atoms with Crippen molar-refractivity contribution >= 4 is 26.6 Å². The summed E-state index contributed by atoms with van der Waals surface area (Å²) in [4.78, 5) is 11.5. The van der Waals surface area contributed by atoms with E-state index in [4.69, 9.17) is 9.31 Å². The largest absolute Gasteiger partial charge is 0.494 e. The molecule has 128 valence electrons. The smallest absolute Gasteiger partial charge is 0.478 e. The second-order valence-electron chi connectivity index (χ2n) is 8.24. The minimum absolute atomic E-state index is 0.196. The molecule has 1 aliphatic heterocycles. The monoisotopic (exact) mass is 344 g/mol. The van der Waals surface area contributed by atoms with Gasteiger partial charge in [-0.25, -0.2) is 4.79 Å². The lowest BCUT2D eigenvalue weighted by atomic mass is 9.77. The fourth-order valence-corrected chi connectivity index (χ4v) is 2.74. The van der Waals surface area contributed by atoms with Crippen molar-refractivity contribution < 1.29 is 19.2 Å². The van der Waals surface area contributed by atoms with Gasteiger partial charge in [0.1, 0.15) is 8.07 Å². The van der Waals surface area contributed by atoms with Crippen molar-refractivity contribution in [1.82, 2.24) is 0 Å². The van der Waals surface area contributed by atoms with Gasteiger partial charge in [-0.05, 0) is 51.4 Å². The number of carboxylic acids is 1. The molecule has 1 N–H and O–H groups in total. The van der Waals surface area contributed by atoms with Crippen LogP contribution in [0.15, 0.2) is 18.2 Å². The first-order chi connectivity index (χ1) is 10.8. The van der Waals surface area contributed by atoms with Crippen molar-refractivity contribution in [1.29, 1.82) is 0 Å². The van der Waals surface area contributed by atoms with E-state index in [1.807, 2.05) is 33.8 Å². The fraction of sp³-hybridized carbons (Fsp3) is 0.500. The maximum absolute atomic E-state index is 11.5. The normalized spacial score (nSPS) is 18.9. The number of hydrogen-bond donors (Lipinski definition) is 1. The molecule has 1 saturated heterocycles. The van der Waals surface area contributed by atoms with E-state index in [0.29, 0.717) is 11.0 Å². The zero-order valence-corrected chi connectivity index (χ0v) is 16.5. The van der Waals surface area contributed by atoms with Gasteiger partial charge in [0.15, 0.2) is 0 Å². The Balaban J connectivity index is 2.45.